The van der Waals surface area contributed by atoms with Crippen molar-refractivity contribution in [2.45, 2.75) is 6.92 Å². The van der Waals surface area contributed by atoms with Crippen LogP contribution < -0.4 is 15.2 Å². The molecule has 0 atom stereocenters. The third-order valence-electron chi connectivity index (χ3n) is 3.89. The van der Waals surface area contributed by atoms with Gasteiger partial charge in [0.15, 0.2) is 0 Å². The minimum absolute atomic E-state index is 0.401. The Bertz CT molecular complexity index is 773. The fraction of sp³-hybridized carbons (Fsp3) is 0.412. The van der Waals surface area contributed by atoms with E-state index >= 15 is 0 Å². The van der Waals surface area contributed by atoms with Crippen LogP contribution in [-0.4, -0.2) is 61.1 Å². The van der Waals surface area contributed by atoms with Crippen molar-refractivity contribution in [1.82, 2.24) is 15.0 Å². The molecule has 1 saturated heterocycles. The Hall–Kier alpha value is -2.45. The van der Waals surface area contributed by atoms with Gasteiger partial charge in [-0.05, 0) is 24.6 Å². The first kappa shape index (κ1) is 18.3. The second-order valence-electron chi connectivity index (χ2n) is 6.07. The lowest BCUT2D eigenvalue weighted by atomic mass is 10.1. The molecule has 1 fully saturated rings. The highest BCUT2D eigenvalue weighted by atomic mass is 35.5. The van der Waals surface area contributed by atoms with E-state index < -0.39 is 0 Å². The minimum atomic E-state index is 0.401. The van der Waals surface area contributed by atoms with E-state index in [1.807, 2.05) is 50.2 Å². The number of anilines is 3. The number of rotatable bonds is 5. The Morgan fingerprint density at radius 1 is 1.15 bits per heavy atom. The van der Waals surface area contributed by atoms with E-state index in [9.17, 15) is 0 Å². The summed E-state index contributed by atoms with van der Waals surface area (Å²) in [5, 5.41) is 5.08. The number of nitrogens with zero attached hydrogens (tertiary/aromatic N) is 6. The molecule has 8 nitrogen and oxygen atoms in total. The fourth-order valence-corrected chi connectivity index (χ4v) is 2.52. The van der Waals surface area contributed by atoms with Crippen LogP contribution in [0.1, 0.15) is 12.5 Å². The van der Waals surface area contributed by atoms with Gasteiger partial charge in [-0.25, -0.2) is 5.43 Å². The first-order chi connectivity index (χ1) is 12.5. The Morgan fingerprint density at radius 2 is 1.85 bits per heavy atom. The molecule has 1 aliphatic rings. The summed E-state index contributed by atoms with van der Waals surface area (Å²) in [5.41, 5.74) is 4.72. The van der Waals surface area contributed by atoms with Crippen LogP contribution in [-0.2, 0) is 4.74 Å². The van der Waals surface area contributed by atoms with Crippen LogP contribution >= 0.6 is 11.6 Å². The Morgan fingerprint density at radius 3 is 2.50 bits per heavy atom. The smallest absolute Gasteiger partial charge is 0.250 e. The lowest BCUT2D eigenvalue weighted by Crippen LogP contribution is -2.37. The fourth-order valence-electron chi connectivity index (χ4n) is 2.40. The summed E-state index contributed by atoms with van der Waals surface area (Å²) in [6.45, 7) is 4.75. The quantitative estimate of drug-likeness (QED) is 0.634. The van der Waals surface area contributed by atoms with Crippen molar-refractivity contribution in [3.05, 3.63) is 34.9 Å². The third kappa shape index (κ3) is 4.59. The average Bonchev–Trinajstić information content (AvgIpc) is 2.67. The van der Waals surface area contributed by atoms with E-state index in [1.165, 1.54) is 0 Å². The highest BCUT2D eigenvalue weighted by Gasteiger charge is 2.17. The number of benzene rings is 1. The van der Waals surface area contributed by atoms with Gasteiger partial charge in [0.05, 0.1) is 18.9 Å². The molecule has 1 N–H and O–H groups in total. The van der Waals surface area contributed by atoms with Crippen molar-refractivity contribution in [3.8, 4) is 0 Å². The summed E-state index contributed by atoms with van der Waals surface area (Å²) in [5.74, 6) is 1.59. The van der Waals surface area contributed by atoms with Crippen LogP contribution in [0.3, 0.4) is 0 Å². The summed E-state index contributed by atoms with van der Waals surface area (Å²) in [6.07, 6.45) is 0. The van der Waals surface area contributed by atoms with Gasteiger partial charge < -0.3 is 14.5 Å². The zero-order chi connectivity index (χ0) is 18.5. The number of nitrogens with one attached hydrogen (secondary N) is 1. The molecule has 0 radical (unpaired) electrons. The Labute approximate surface area is 157 Å². The minimum Gasteiger partial charge on any atom is -0.378 e. The van der Waals surface area contributed by atoms with E-state index in [0.29, 0.717) is 36.1 Å². The van der Waals surface area contributed by atoms with Crippen molar-refractivity contribution < 1.29 is 4.74 Å². The van der Waals surface area contributed by atoms with Crippen molar-refractivity contribution in [3.63, 3.8) is 0 Å². The van der Waals surface area contributed by atoms with Crippen LogP contribution in [0.15, 0.2) is 29.4 Å². The van der Waals surface area contributed by atoms with Gasteiger partial charge in [-0.15, -0.1) is 0 Å². The molecule has 0 bridgehead atoms. The van der Waals surface area contributed by atoms with Crippen LogP contribution in [0.4, 0.5) is 17.8 Å². The summed E-state index contributed by atoms with van der Waals surface area (Å²) in [4.78, 5) is 17.4. The molecule has 3 rings (SSSR count). The van der Waals surface area contributed by atoms with E-state index in [-0.39, 0.29) is 0 Å². The number of hydrogen-bond donors (Lipinski definition) is 1. The summed E-state index contributed by atoms with van der Waals surface area (Å²) in [7, 11) is 3.79. The standard InChI is InChI=1S/C17H22ClN7O/c1-12(13-4-6-14(18)7-5-13)22-23-15-19-16(24(2)3)21-17(20-15)25-8-10-26-11-9-25/h4-7H,8-11H2,1-3H3,(H,19,20,21,23)/b22-12+. The van der Waals surface area contributed by atoms with E-state index in [0.717, 1.165) is 24.4 Å². The van der Waals surface area contributed by atoms with Crippen molar-refractivity contribution in [2.75, 3.05) is 55.6 Å². The third-order valence-corrected chi connectivity index (χ3v) is 4.14. The number of ether oxygens (including phenoxy) is 1. The zero-order valence-corrected chi connectivity index (χ0v) is 15.9. The molecule has 1 aliphatic heterocycles. The van der Waals surface area contributed by atoms with Crippen molar-refractivity contribution >= 4 is 35.2 Å². The topological polar surface area (TPSA) is 78.8 Å². The van der Waals surface area contributed by atoms with E-state index in [4.69, 9.17) is 16.3 Å². The highest BCUT2D eigenvalue weighted by Crippen LogP contribution is 2.17. The van der Waals surface area contributed by atoms with Gasteiger partial charge >= 0.3 is 0 Å². The summed E-state index contributed by atoms with van der Waals surface area (Å²) in [6, 6.07) is 7.50. The molecule has 0 unspecified atom stereocenters. The van der Waals surface area contributed by atoms with E-state index in [2.05, 4.69) is 30.4 Å². The van der Waals surface area contributed by atoms with Crippen molar-refractivity contribution in [2.24, 2.45) is 5.10 Å². The maximum atomic E-state index is 5.93. The second kappa shape index (κ2) is 8.29. The molecule has 1 aromatic heterocycles. The highest BCUT2D eigenvalue weighted by molar-refractivity contribution is 6.30. The van der Waals surface area contributed by atoms with Gasteiger partial charge in [0.1, 0.15) is 0 Å². The number of hydrazone groups is 1. The van der Waals surface area contributed by atoms with E-state index in [1.54, 1.807) is 0 Å². The van der Waals surface area contributed by atoms with Gasteiger partial charge in [-0.2, -0.15) is 20.1 Å². The van der Waals surface area contributed by atoms with Crippen molar-refractivity contribution in [1.29, 1.82) is 0 Å². The Kier molecular flexibility index (Phi) is 5.85. The van der Waals surface area contributed by atoms with Gasteiger partial charge in [0, 0.05) is 32.2 Å². The molecule has 2 heterocycles. The molecule has 0 amide bonds. The molecule has 0 saturated carbocycles. The molecular formula is C17H22ClN7O. The van der Waals surface area contributed by atoms with Crippen LogP contribution in [0.2, 0.25) is 5.02 Å². The largest absolute Gasteiger partial charge is 0.378 e. The average molecular weight is 376 g/mol. The van der Waals surface area contributed by atoms with Crippen LogP contribution in [0.5, 0.6) is 0 Å². The monoisotopic (exact) mass is 375 g/mol. The van der Waals surface area contributed by atoms with Gasteiger partial charge in [-0.3, -0.25) is 0 Å². The normalized spacial score (nSPS) is 15.1. The predicted octanol–water partition coefficient (Wildman–Crippen LogP) is 2.26. The molecule has 26 heavy (non-hydrogen) atoms. The van der Waals surface area contributed by atoms with Gasteiger partial charge in [-0.1, -0.05) is 23.7 Å². The molecule has 9 heteroatoms. The van der Waals surface area contributed by atoms with Gasteiger partial charge in [0.2, 0.25) is 17.8 Å². The molecule has 2 aromatic rings. The maximum absolute atomic E-state index is 5.93. The summed E-state index contributed by atoms with van der Waals surface area (Å²) < 4.78 is 5.40. The first-order valence-electron chi connectivity index (χ1n) is 8.35. The number of hydrogen-bond acceptors (Lipinski definition) is 8. The summed E-state index contributed by atoms with van der Waals surface area (Å²) >= 11 is 5.93. The first-order valence-corrected chi connectivity index (χ1v) is 8.73. The zero-order valence-electron chi connectivity index (χ0n) is 15.1. The molecule has 138 valence electrons. The number of morpholine rings is 1. The predicted molar refractivity (Wildman–Crippen MR) is 104 cm³/mol. The molecular weight excluding hydrogens is 354 g/mol. The van der Waals surface area contributed by atoms with Crippen LogP contribution in [0.25, 0.3) is 0 Å². The van der Waals surface area contributed by atoms with Crippen LogP contribution in [0, 0.1) is 0 Å². The molecule has 0 aliphatic carbocycles. The second-order valence-corrected chi connectivity index (χ2v) is 6.51. The molecule has 0 spiro atoms. The lowest BCUT2D eigenvalue weighted by molar-refractivity contribution is 0.122. The maximum Gasteiger partial charge on any atom is 0.250 e. The SMILES string of the molecule is C/C(=N\Nc1nc(N(C)C)nc(N2CCOCC2)n1)c1ccc(Cl)cc1. The number of halogens is 1. The number of aromatic nitrogens is 3. The lowest BCUT2D eigenvalue weighted by Gasteiger charge is -2.27. The molecule has 1 aromatic carbocycles. The van der Waals surface area contributed by atoms with Gasteiger partial charge in [0.25, 0.3) is 0 Å². The Balaban J connectivity index is 1.82.